The van der Waals surface area contributed by atoms with Crippen LogP contribution in [-0.2, 0) is 6.54 Å². The standard InChI is InChI=1S/C20H19N3O2/c24-16-7-5-14(6-8-16)15-9-11-23(12-10-15)13-19-21-18-4-2-1-3-17(18)20(25)22-19/h1-9,24H,10-13H2,(H,21,22,25). The molecule has 1 aliphatic rings. The molecule has 2 heterocycles. The maximum absolute atomic E-state index is 12.2. The molecule has 5 nitrogen and oxygen atoms in total. The molecule has 0 spiro atoms. The zero-order chi connectivity index (χ0) is 17.2. The van der Waals surface area contributed by atoms with Gasteiger partial charge >= 0.3 is 0 Å². The van der Waals surface area contributed by atoms with Crippen molar-refractivity contribution in [3.63, 3.8) is 0 Å². The zero-order valence-corrected chi connectivity index (χ0v) is 13.8. The van der Waals surface area contributed by atoms with Crippen molar-refractivity contribution in [2.75, 3.05) is 13.1 Å². The second-order valence-electron chi connectivity index (χ2n) is 6.29. The number of aromatic nitrogens is 2. The van der Waals surface area contributed by atoms with E-state index in [2.05, 4.69) is 20.9 Å². The lowest BCUT2D eigenvalue weighted by molar-refractivity contribution is 0.286. The van der Waals surface area contributed by atoms with Crippen molar-refractivity contribution < 1.29 is 5.11 Å². The number of nitrogens with one attached hydrogen (secondary N) is 1. The number of H-pyrrole nitrogens is 1. The molecule has 0 bridgehead atoms. The number of fused-ring (bicyclic) bond motifs is 1. The van der Waals surface area contributed by atoms with Crippen LogP contribution in [-0.4, -0.2) is 33.1 Å². The van der Waals surface area contributed by atoms with Gasteiger partial charge < -0.3 is 10.1 Å². The van der Waals surface area contributed by atoms with Crippen LogP contribution in [0.15, 0.2) is 59.4 Å². The average molecular weight is 333 g/mol. The number of benzene rings is 2. The van der Waals surface area contributed by atoms with Crippen molar-refractivity contribution in [2.45, 2.75) is 13.0 Å². The molecule has 126 valence electrons. The van der Waals surface area contributed by atoms with Crippen LogP contribution in [0.4, 0.5) is 0 Å². The van der Waals surface area contributed by atoms with Gasteiger partial charge in [0.25, 0.3) is 5.56 Å². The van der Waals surface area contributed by atoms with Crippen LogP contribution in [0.25, 0.3) is 16.5 Å². The van der Waals surface area contributed by atoms with Gasteiger partial charge in [0.05, 0.1) is 17.4 Å². The molecule has 0 unspecified atom stereocenters. The second-order valence-corrected chi connectivity index (χ2v) is 6.29. The number of hydrogen-bond acceptors (Lipinski definition) is 4. The van der Waals surface area contributed by atoms with Crippen molar-refractivity contribution in [2.24, 2.45) is 0 Å². The third-order valence-corrected chi connectivity index (χ3v) is 4.57. The smallest absolute Gasteiger partial charge is 0.258 e. The van der Waals surface area contributed by atoms with E-state index in [1.807, 2.05) is 30.3 Å². The Bertz CT molecular complexity index is 990. The monoisotopic (exact) mass is 333 g/mol. The molecule has 2 N–H and O–H groups in total. The Morgan fingerprint density at radius 1 is 1.12 bits per heavy atom. The molecule has 5 heteroatoms. The van der Waals surface area contributed by atoms with Gasteiger partial charge in [0.2, 0.25) is 0 Å². The molecule has 0 saturated heterocycles. The summed E-state index contributed by atoms with van der Waals surface area (Å²) in [4.78, 5) is 21.9. The van der Waals surface area contributed by atoms with E-state index in [-0.39, 0.29) is 11.3 Å². The Hall–Kier alpha value is -2.92. The maximum Gasteiger partial charge on any atom is 0.258 e. The highest BCUT2D eigenvalue weighted by Gasteiger charge is 2.15. The minimum absolute atomic E-state index is 0.0852. The summed E-state index contributed by atoms with van der Waals surface area (Å²) < 4.78 is 0. The SMILES string of the molecule is O=c1[nH]c(CN2CC=C(c3ccc(O)cc3)CC2)nc2ccccc12. The van der Waals surface area contributed by atoms with E-state index in [0.29, 0.717) is 17.8 Å². The number of hydrogen-bond donors (Lipinski definition) is 2. The van der Waals surface area contributed by atoms with Crippen molar-refractivity contribution >= 4 is 16.5 Å². The van der Waals surface area contributed by atoms with Gasteiger partial charge in [0.15, 0.2) is 0 Å². The Morgan fingerprint density at radius 2 is 1.92 bits per heavy atom. The molecule has 1 aromatic heterocycles. The lowest BCUT2D eigenvalue weighted by atomic mass is 9.99. The molecule has 4 rings (SSSR count). The van der Waals surface area contributed by atoms with Gasteiger partial charge in [0, 0.05) is 13.1 Å². The third kappa shape index (κ3) is 3.32. The molecule has 0 radical (unpaired) electrons. The minimum atomic E-state index is -0.0852. The van der Waals surface area contributed by atoms with E-state index in [1.165, 1.54) is 5.57 Å². The number of nitrogens with zero attached hydrogens (tertiary/aromatic N) is 2. The predicted octanol–water partition coefficient (Wildman–Crippen LogP) is 2.92. The summed E-state index contributed by atoms with van der Waals surface area (Å²) in [6.45, 7) is 2.34. The number of phenolic OH excluding ortho intramolecular Hbond substituents is 1. The predicted molar refractivity (Wildman–Crippen MR) is 98.3 cm³/mol. The van der Waals surface area contributed by atoms with E-state index in [0.717, 1.165) is 30.6 Å². The lowest BCUT2D eigenvalue weighted by Gasteiger charge is -2.26. The quantitative estimate of drug-likeness (QED) is 0.773. The number of aromatic hydroxyl groups is 1. The fourth-order valence-electron chi connectivity index (χ4n) is 3.21. The lowest BCUT2D eigenvalue weighted by Crippen LogP contribution is -2.29. The topological polar surface area (TPSA) is 69.2 Å². The molecule has 0 amide bonds. The number of phenols is 1. The van der Waals surface area contributed by atoms with Crippen LogP contribution < -0.4 is 5.56 Å². The first-order valence-corrected chi connectivity index (χ1v) is 8.38. The van der Waals surface area contributed by atoms with Crippen LogP contribution in [0.5, 0.6) is 5.75 Å². The average Bonchev–Trinajstić information content (AvgIpc) is 2.63. The van der Waals surface area contributed by atoms with Gasteiger partial charge in [-0.15, -0.1) is 0 Å². The zero-order valence-electron chi connectivity index (χ0n) is 13.8. The Labute approximate surface area is 145 Å². The van der Waals surface area contributed by atoms with Gasteiger partial charge in [-0.3, -0.25) is 9.69 Å². The van der Waals surface area contributed by atoms with Gasteiger partial charge in [-0.1, -0.05) is 30.3 Å². The molecule has 25 heavy (non-hydrogen) atoms. The Morgan fingerprint density at radius 3 is 2.68 bits per heavy atom. The van der Waals surface area contributed by atoms with E-state index in [4.69, 9.17) is 0 Å². The van der Waals surface area contributed by atoms with Crippen LogP contribution in [0, 0.1) is 0 Å². The summed E-state index contributed by atoms with van der Waals surface area (Å²) in [7, 11) is 0. The van der Waals surface area contributed by atoms with E-state index < -0.39 is 0 Å². The summed E-state index contributed by atoms with van der Waals surface area (Å²) in [5.74, 6) is 0.985. The highest BCUT2D eigenvalue weighted by molar-refractivity contribution is 5.77. The van der Waals surface area contributed by atoms with Gasteiger partial charge in [-0.25, -0.2) is 4.98 Å². The van der Waals surface area contributed by atoms with Crippen molar-refractivity contribution in [3.8, 4) is 5.75 Å². The highest BCUT2D eigenvalue weighted by Crippen LogP contribution is 2.24. The number of aromatic amines is 1. The third-order valence-electron chi connectivity index (χ3n) is 4.57. The Balaban J connectivity index is 1.50. The first kappa shape index (κ1) is 15.6. The maximum atomic E-state index is 12.2. The van der Waals surface area contributed by atoms with Crippen LogP contribution in [0.3, 0.4) is 0 Å². The molecular weight excluding hydrogens is 314 g/mol. The molecular formula is C20H19N3O2. The van der Waals surface area contributed by atoms with Crippen molar-refractivity contribution in [1.82, 2.24) is 14.9 Å². The molecule has 0 saturated carbocycles. The fraction of sp³-hybridized carbons (Fsp3) is 0.200. The fourth-order valence-corrected chi connectivity index (χ4v) is 3.21. The summed E-state index contributed by atoms with van der Waals surface area (Å²) in [5.41, 5.74) is 3.09. The Kier molecular flexibility index (Phi) is 4.07. The van der Waals surface area contributed by atoms with E-state index >= 15 is 0 Å². The molecule has 3 aromatic rings. The minimum Gasteiger partial charge on any atom is -0.508 e. The van der Waals surface area contributed by atoms with Crippen molar-refractivity contribution in [3.05, 3.63) is 76.3 Å². The van der Waals surface area contributed by atoms with Crippen LogP contribution >= 0.6 is 0 Å². The first-order valence-electron chi connectivity index (χ1n) is 8.38. The molecule has 0 aliphatic carbocycles. The highest BCUT2D eigenvalue weighted by atomic mass is 16.3. The molecule has 0 fully saturated rings. The van der Waals surface area contributed by atoms with Gasteiger partial charge in [-0.2, -0.15) is 0 Å². The largest absolute Gasteiger partial charge is 0.508 e. The molecule has 2 aromatic carbocycles. The van der Waals surface area contributed by atoms with E-state index in [1.54, 1.807) is 18.2 Å². The number of para-hydroxylation sites is 1. The summed E-state index contributed by atoms with van der Waals surface area (Å²) in [6.07, 6.45) is 3.14. The molecule has 1 aliphatic heterocycles. The van der Waals surface area contributed by atoms with Gasteiger partial charge in [-0.05, 0) is 41.8 Å². The van der Waals surface area contributed by atoms with Crippen LogP contribution in [0.1, 0.15) is 17.8 Å². The van der Waals surface area contributed by atoms with E-state index in [9.17, 15) is 9.90 Å². The summed E-state index contributed by atoms with van der Waals surface area (Å²) in [5, 5.41) is 10.0. The van der Waals surface area contributed by atoms with Crippen molar-refractivity contribution in [1.29, 1.82) is 0 Å². The second kappa shape index (κ2) is 6.53. The number of rotatable bonds is 3. The van der Waals surface area contributed by atoms with Gasteiger partial charge in [0.1, 0.15) is 11.6 Å². The normalized spacial score (nSPS) is 15.3. The first-order chi connectivity index (χ1) is 12.2. The molecule has 0 atom stereocenters. The summed E-state index contributed by atoms with van der Waals surface area (Å²) in [6, 6.07) is 14.7. The van der Waals surface area contributed by atoms with Crippen LogP contribution in [0.2, 0.25) is 0 Å². The summed E-state index contributed by atoms with van der Waals surface area (Å²) >= 11 is 0.